The lowest BCUT2D eigenvalue weighted by Gasteiger charge is -2.17. The molecule has 164 valence electrons. The maximum absolute atomic E-state index is 12.4. The summed E-state index contributed by atoms with van der Waals surface area (Å²) in [5.74, 6) is 2.35. The molecule has 0 spiro atoms. The first-order valence-corrected chi connectivity index (χ1v) is 10.9. The van der Waals surface area contributed by atoms with E-state index in [9.17, 15) is 9.59 Å². The number of hydrogen-bond donors (Lipinski definition) is 2. The van der Waals surface area contributed by atoms with Gasteiger partial charge in [-0.15, -0.1) is 11.8 Å². The molecule has 0 bridgehead atoms. The highest BCUT2D eigenvalue weighted by atomic mass is 32.2. The molecule has 0 fully saturated rings. The van der Waals surface area contributed by atoms with Gasteiger partial charge in [-0.3, -0.25) is 9.59 Å². The number of anilines is 1. The highest BCUT2D eigenvalue weighted by Crippen LogP contribution is 2.28. The average Bonchev–Trinajstić information content (AvgIpc) is 2.79. The van der Waals surface area contributed by atoms with Crippen LogP contribution in [-0.4, -0.2) is 44.9 Å². The lowest BCUT2D eigenvalue weighted by molar-refractivity contribution is -0.112. The van der Waals surface area contributed by atoms with Crippen LogP contribution in [0.4, 0.5) is 5.69 Å². The molecule has 0 saturated carbocycles. The molecule has 0 aromatic heterocycles. The molecule has 7 nitrogen and oxygen atoms in total. The minimum atomic E-state index is -0.200. The molecule has 0 aliphatic carbocycles. The predicted molar refractivity (Wildman–Crippen MR) is 122 cm³/mol. The smallest absolute Gasteiger partial charge is 0.265 e. The molecule has 2 aromatic carbocycles. The number of allylic oxidation sites excluding steroid dienone is 1. The van der Waals surface area contributed by atoms with Crippen molar-refractivity contribution in [3.05, 3.63) is 64.3 Å². The molecule has 8 heteroatoms. The Balaban J connectivity index is 1.52. The fraction of sp³-hybridized carbons (Fsp3) is 0.304. The molecule has 2 N–H and O–H groups in total. The van der Waals surface area contributed by atoms with Gasteiger partial charge in [-0.05, 0) is 55.3 Å². The summed E-state index contributed by atoms with van der Waals surface area (Å²) >= 11 is 1.48. The van der Waals surface area contributed by atoms with Gasteiger partial charge in [-0.25, -0.2) is 0 Å². The second-order valence-electron chi connectivity index (χ2n) is 6.81. The Labute approximate surface area is 186 Å². The maximum Gasteiger partial charge on any atom is 0.265 e. The summed E-state index contributed by atoms with van der Waals surface area (Å²) in [5, 5.41) is 5.75. The van der Waals surface area contributed by atoms with E-state index in [4.69, 9.17) is 14.2 Å². The second-order valence-corrected chi connectivity index (χ2v) is 7.91. The van der Waals surface area contributed by atoms with Crippen molar-refractivity contribution in [1.29, 1.82) is 0 Å². The Morgan fingerprint density at radius 3 is 2.45 bits per heavy atom. The van der Waals surface area contributed by atoms with Crippen LogP contribution in [-0.2, 0) is 16.0 Å². The standard InChI is InChI=1S/C23H26N2O5S/c1-15-21(31-13-12-30-15)23(27)25-18-7-5-17(6-8-18)22(26)24-11-10-16-4-9-19(28-2)20(14-16)29-3/h4-9,14H,10-13H2,1-3H3,(H,24,26)(H,25,27). The summed E-state index contributed by atoms with van der Waals surface area (Å²) in [5.41, 5.74) is 2.18. The molecular weight excluding hydrogens is 416 g/mol. The molecular formula is C23H26N2O5S. The van der Waals surface area contributed by atoms with Crippen molar-refractivity contribution >= 4 is 29.3 Å². The molecule has 1 aliphatic rings. The average molecular weight is 443 g/mol. The summed E-state index contributed by atoms with van der Waals surface area (Å²) in [6, 6.07) is 12.5. The van der Waals surface area contributed by atoms with E-state index in [1.165, 1.54) is 11.8 Å². The normalized spacial score (nSPS) is 13.3. The van der Waals surface area contributed by atoms with E-state index in [1.807, 2.05) is 18.2 Å². The van der Waals surface area contributed by atoms with E-state index < -0.39 is 0 Å². The summed E-state index contributed by atoms with van der Waals surface area (Å²) < 4.78 is 16.0. The third kappa shape index (κ3) is 5.95. The highest BCUT2D eigenvalue weighted by molar-refractivity contribution is 8.04. The van der Waals surface area contributed by atoms with Gasteiger partial charge in [0.25, 0.3) is 11.8 Å². The van der Waals surface area contributed by atoms with Gasteiger partial charge in [0, 0.05) is 23.5 Å². The lowest BCUT2D eigenvalue weighted by Crippen LogP contribution is -2.25. The quantitative estimate of drug-likeness (QED) is 0.650. The number of nitrogens with one attached hydrogen (secondary N) is 2. The minimum absolute atomic E-state index is 0.173. The van der Waals surface area contributed by atoms with E-state index in [0.717, 1.165) is 11.3 Å². The van der Waals surface area contributed by atoms with Crippen LogP contribution in [0.2, 0.25) is 0 Å². The van der Waals surface area contributed by atoms with Gasteiger partial charge >= 0.3 is 0 Å². The Hall–Kier alpha value is -3.13. The van der Waals surface area contributed by atoms with Crippen molar-refractivity contribution in [2.75, 3.05) is 38.4 Å². The molecule has 0 saturated heterocycles. The second kappa shape index (κ2) is 10.8. The van der Waals surface area contributed by atoms with Crippen molar-refractivity contribution in [2.24, 2.45) is 0 Å². The largest absolute Gasteiger partial charge is 0.496 e. The molecule has 1 aliphatic heterocycles. The SMILES string of the molecule is COc1ccc(CCNC(=O)c2ccc(NC(=O)C3=C(C)OCCS3)cc2)cc1OC. The Bertz CT molecular complexity index is 972. The van der Waals surface area contributed by atoms with E-state index in [-0.39, 0.29) is 11.8 Å². The summed E-state index contributed by atoms with van der Waals surface area (Å²) in [6.45, 7) is 2.89. The van der Waals surface area contributed by atoms with Crippen molar-refractivity contribution in [2.45, 2.75) is 13.3 Å². The van der Waals surface area contributed by atoms with Gasteiger partial charge in [-0.1, -0.05) is 6.07 Å². The number of methoxy groups -OCH3 is 2. The van der Waals surface area contributed by atoms with Crippen molar-refractivity contribution in [3.63, 3.8) is 0 Å². The molecule has 2 amide bonds. The first-order chi connectivity index (χ1) is 15.0. The monoisotopic (exact) mass is 442 g/mol. The van der Waals surface area contributed by atoms with Crippen molar-refractivity contribution in [3.8, 4) is 11.5 Å². The van der Waals surface area contributed by atoms with Crippen molar-refractivity contribution in [1.82, 2.24) is 5.32 Å². The van der Waals surface area contributed by atoms with Gasteiger partial charge in [0.1, 0.15) is 10.7 Å². The van der Waals surface area contributed by atoms with Gasteiger partial charge in [-0.2, -0.15) is 0 Å². The molecule has 0 atom stereocenters. The number of hydrogen-bond acceptors (Lipinski definition) is 6. The zero-order valence-electron chi connectivity index (χ0n) is 17.8. The molecule has 3 rings (SSSR count). The fourth-order valence-corrected chi connectivity index (χ4v) is 3.90. The lowest BCUT2D eigenvalue weighted by atomic mass is 10.1. The van der Waals surface area contributed by atoms with Crippen LogP contribution in [0.25, 0.3) is 0 Å². The number of carbonyl (C=O) groups excluding carboxylic acids is 2. The van der Waals surface area contributed by atoms with E-state index in [1.54, 1.807) is 45.4 Å². The number of ether oxygens (including phenoxy) is 3. The van der Waals surface area contributed by atoms with Gasteiger partial charge < -0.3 is 24.8 Å². The van der Waals surface area contributed by atoms with Gasteiger partial charge in [0.05, 0.1) is 20.8 Å². The summed E-state index contributed by atoms with van der Waals surface area (Å²) in [7, 11) is 3.19. The Kier molecular flexibility index (Phi) is 7.83. The summed E-state index contributed by atoms with van der Waals surface area (Å²) in [6.07, 6.45) is 0.661. The molecule has 1 heterocycles. The van der Waals surface area contributed by atoms with E-state index in [0.29, 0.717) is 53.0 Å². The van der Waals surface area contributed by atoms with Crippen LogP contribution < -0.4 is 20.1 Å². The topological polar surface area (TPSA) is 85.9 Å². The van der Waals surface area contributed by atoms with Crippen LogP contribution in [0.1, 0.15) is 22.8 Å². The molecule has 31 heavy (non-hydrogen) atoms. The van der Waals surface area contributed by atoms with Crippen LogP contribution in [0, 0.1) is 0 Å². The number of benzene rings is 2. The number of carbonyl (C=O) groups is 2. The van der Waals surface area contributed by atoms with Crippen molar-refractivity contribution < 1.29 is 23.8 Å². The first-order valence-electron chi connectivity index (χ1n) is 9.89. The third-order valence-corrected chi connectivity index (χ3v) is 5.86. The number of rotatable bonds is 8. The van der Waals surface area contributed by atoms with Gasteiger partial charge in [0.15, 0.2) is 11.5 Å². The number of amides is 2. The van der Waals surface area contributed by atoms with Crippen LogP contribution >= 0.6 is 11.8 Å². The number of thioether (sulfide) groups is 1. The van der Waals surface area contributed by atoms with E-state index in [2.05, 4.69) is 10.6 Å². The third-order valence-electron chi connectivity index (χ3n) is 4.73. The Morgan fingerprint density at radius 2 is 1.77 bits per heavy atom. The van der Waals surface area contributed by atoms with Crippen LogP contribution in [0.15, 0.2) is 53.1 Å². The summed E-state index contributed by atoms with van der Waals surface area (Å²) in [4.78, 5) is 25.4. The molecule has 2 aromatic rings. The maximum atomic E-state index is 12.4. The zero-order chi connectivity index (χ0) is 22.2. The zero-order valence-corrected chi connectivity index (χ0v) is 18.6. The molecule has 0 unspecified atom stereocenters. The minimum Gasteiger partial charge on any atom is -0.496 e. The first kappa shape index (κ1) is 22.6. The van der Waals surface area contributed by atoms with E-state index >= 15 is 0 Å². The van der Waals surface area contributed by atoms with Crippen LogP contribution in [0.3, 0.4) is 0 Å². The predicted octanol–water partition coefficient (Wildman–Crippen LogP) is 3.61. The van der Waals surface area contributed by atoms with Crippen LogP contribution in [0.5, 0.6) is 11.5 Å². The van der Waals surface area contributed by atoms with Gasteiger partial charge in [0.2, 0.25) is 0 Å². The highest BCUT2D eigenvalue weighted by Gasteiger charge is 2.19. The Morgan fingerprint density at radius 1 is 1.03 bits per heavy atom. The fourth-order valence-electron chi connectivity index (χ4n) is 3.08. The molecule has 0 radical (unpaired) electrons.